The maximum atomic E-state index is 14.5. The average Bonchev–Trinajstić information content (AvgIpc) is 3.91. The number of hydrogen-bond donors (Lipinski definition) is 2. The van der Waals surface area contributed by atoms with Crippen LogP contribution in [0.3, 0.4) is 0 Å². The summed E-state index contributed by atoms with van der Waals surface area (Å²) in [5, 5.41) is 5.10. The first kappa shape index (κ1) is 51.2. The van der Waals surface area contributed by atoms with Crippen molar-refractivity contribution in [1.29, 1.82) is 0 Å². The van der Waals surface area contributed by atoms with E-state index in [1.807, 2.05) is 0 Å². The van der Waals surface area contributed by atoms with Gasteiger partial charge in [-0.1, -0.05) is 12.1 Å². The van der Waals surface area contributed by atoms with Gasteiger partial charge in [0.05, 0.1) is 22.4 Å². The molecule has 18 nitrogen and oxygen atoms in total. The molecule has 0 aliphatic carbocycles. The predicted octanol–water partition coefficient (Wildman–Crippen LogP) is 5.53. The van der Waals surface area contributed by atoms with Gasteiger partial charge in [-0.05, 0) is 112 Å². The van der Waals surface area contributed by atoms with E-state index in [0.717, 1.165) is 24.3 Å². The minimum absolute atomic E-state index is 0.0126. The summed E-state index contributed by atoms with van der Waals surface area (Å²) < 4.78 is 102. The molecule has 0 spiro atoms. The highest BCUT2D eigenvalue weighted by atomic mass is 32.2. The van der Waals surface area contributed by atoms with Gasteiger partial charge in [-0.25, -0.2) is 35.8 Å². The van der Waals surface area contributed by atoms with Crippen molar-refractivity contribution in [2.75, 3.05) is 44.6 Å². The number of benzene rings is 5. The molecule has 0 unspecified atom stereocenters. The van der Waals surface area contributed by atoms with Crippen LogP contribution in [-0.2, 0) is 55.3 Å². The van der Waals surface area contributed by atoms with Crippen molar-refractivity contribution in [2.45, 2.75) is 65.7 Å². The second kappa shape index (κ2) is 20.9. The molecule has 382 valence electrons. The molecule has 1 aliphatic heterocycles. The van der Waals surface area contributed by atoms with Crippen LogP contribution in [0.15, 0.2) is 115 Å². The molecule has 73 heavy (non-hydrogen) atoms. The second-order valence-electron chi connectivity index (χ2n) is 16.9. The smallest absolute Gasteiger partial charge is 0.408 e. The number of para-hydroxylation sites is 2. The number of nitrogens with zero attached hydrogens (tertiary/aromatic N) is 6. The Balaban J connectivity index is 1.05. The molecule has 5 aromatic carbocycles. The fraction of sp³-hybridized carbons (Fsp3) is 0.280. The Morgan fingerprint density at radius 1 is 0.562 bits per heavy atom. The highest BCUT2D eigenvalue weighted by Gasteiger charge is 2.43. The van der Waals surface area contributed by atoms with Crippen LogP contribution in [0, 0.1) is 23.3 Å². The van der Waals surface area contributed by atoms with Crippen molar-refractivity contribution in [1.82, 2.24) is 19.8 Å². The zero-order chi connectivity index (χ0) is 52.5. The Hall–Kier alpha value is -8.21. The van der Waals surface area contributed by atoms with E-state index in [2.05, 4.69) is 10.6 Å². The van der Waals surface area contributed by atoms with E-state index in [-0.39, 0.29) is 71.2 Å². The molecule has 2 aromatic heterocycles. The van der Waals surface area contributed by atoms with Gasteiger partial charge in [-0.15, -0.1) is 0 Å². The standard InChI is InChI=1S/C50H48F4N8O10S/c1-5-57(35-13-15-43-41(25-35)59(7-3)49(67)71-43)47(65)37(21-29-17-31(51)23-32(52)18-29)55-45(63)27-61-39-11-9-10-12-40(39)62(73(61,69)70)28-46(64)56-38(22-30-19-33(53)24-34(54)20-30)48(66)58(6-2)36-14-16-44-42(26-36)60(8-4)50(68)72-44/h9-20,23-26,37-38H,5-8,21-22,27-28H2,1-4H3,(H,55,63)(H,56,64)/t37-,38-/m0/s1. The number of aromatic nitrogens is 2. The summed E-state index contributed by atoms with van der Waals surface area (Å²) in [5.41, 5.74) is 1.69. The van der Waals surface area contributed by atoms with E-state index < -0.39 is 107 Å². The fourth-order valence-electron chi connectivity index (χ4n) is 9.00. The third-order valence-electron chi connectivity index (χ3n) is 12.3. The number of likely N-dealkylation sites (N-methyl/N-ethyl adjacent to an activating group) is 2. The fourth-order valence-corrected chi connectivity index (χ4v) is 10.6. The number of carbonyl (C=O) groups excluding carboxylic acids is 4. The van der Waals surface area contributed by atoms with Crippen LogP contribution < -0.4 is 40.6 Å². The number of rotatable bonds is 18. The number of oxazole rings is 2. The van der Waals surface area contributed by atoms with E-state index >= 15 is 0 Å². The van der Waals surface area contributed by atoms with Crippen molar-refractivity contribution in [3.8, 4) is 0 Å². The van der Waals surface area contributed by atoms with E-state index in [1.54, 1.807) is 27.7 Å². The summed E-state index contributed by atoms with van der Waals surface area (Å²) in [6.45, 7) is 5.32. The topological polar surface area (TPSA) is 210 Å². The minimum atomic E-state index is -4.83. The molecule has 23 heteroatoms. The van der Waals surface area contributed by atoms with Crippen molar-refractivity contribution in [3.63, 3.8) is 0 Å². The maximum absolute atomic E-state index is 14.5. The molecule has 3 heterocycles. The molecule has 7 aromatic rings. The number of halogens is 4. The number of anilines is 4. The largest absolute Gasteiger partial charge is 0.419 e. The first-order chi connectivity index (χ1) is 34.8. The molecule has 1 aliphatic rings. The number of carbonyl (C=O) groups is 4. The quantitative estimate of drug-likeness (QED) is 0.103. The predicted molar refractivity (Wildman–Crippen MR) is 262 cm³/mol. The molecular weight excluding hydrogens is 981 g/mol. The normalized spacial score (nSPS) is 13.8. The van der Waals surface area contributed by atoms with E-state index in [4.69, 9.17) is 8.83 Å². The van der Waals surface area contributed by atoms with Crippen LogP contribution in [0.2, 0.25) is 0 Å². The third kappa shape index (κ3) is 10.4. The van der Waals surface area contributed by atoms with Gasteiger partial charge in [0.15, 0.2) is 11.2 Å². The molecule has 2 N–H and O–H groups in total. The highest BCUT2D eigenvalue weighted by Crippen LogP contribution is 2.40. The molecule has 0 saturated heterocycles. The van der Waals surface area contributed by atoms with Crippen molar-refractivity contribution in [2.24, 2.45) is 0 Å². The van der Waals surface area contributed by atoms with Gasteiger partial charge in [-0.2, -0.15) is 8.42 Å². The Kier molecular flexibility index (Phi) is 14.6. The van der Waals surface area contributed by atoms with Crippen molar-refractivity contribution >= 4 is 78.8 Å². The van der Waals surface area contributed by atoms with Gasteiger partial charge in [0.25, 0.3) is 0 Å². The van der Waals surface area contributed by atoms with Gasteiger partial charge in [0, 0.05) is 62.5 Å². The van der Waals surface area contributed by atoms with Crippen LogP contribution in [0.1, 0.15) is 38.8 Å². The van der Waals surface area contributed by atoms with Crippen LogP contribution in [-0.4, -0.2) is 79.4 Å². The van der Waals surface area contributed by atoms with Crippen molar-refractivity contribution < 1.29 is 54.0 Å². The molecular formula is C50H48F4N8O10S. The lowest BCUT2D eigenvalue weighted by Gasteiger charge is -2.28. The summed E-state index contributed by atoms with van der Waals surface area (Å²) in [7, 11) is -4.83. The zero-order valence-electron chi connectivity index (χ0n) is 39.7. The summed E-state index contributed by atoms with van der Waals surface area (Å²) in [5.74, 6) is -8.63. The number of nitrogens with one attached hydrogen (secondary N) is 2. The van der Waals surface area contributed by atoms with E-state index in [1.165, 1.54) is 79.6 Å². The van der Waals surface area contributed by atoms with Crippen LogP contribution in [0.4, 0.5) is 40.3 Å². The zero-order valence-corrected chi connectivity index (χ0v) is 40.6. The maximum Gasteiger partial charge on any atom is 0.419 e. The Morgan fingerprint density at radius 2 is 0.932 bits per heavy atom. The lowest BCUT2D eigenvalue weighted by Crippen LogP contribution is -2.54. The summed E-state index contributed by atoms with van der Waals surface area (Å²) in [4.78, 5) is 84.7. The summed E-state index contributed by atoms with van der Waals surface area (Å²) >= 11 is 0. The van der Waals surface area contributed by atoms with Gasteiger partial charge in [-0.3, -0.25) is 28.3 Å². The van der Waals surface area contributed by atoms with E-state index in [9.17, 15) is 54.7 Å². The average molecular weight is 1030 g/mol. The molecule has 0 radical (unpaired) electrons. The molecule has 4 amide bonds. The molecule has 2 atom stereocenters. The first-order valence-electron chi connectivity index (χ1n) is 23.1. The molecule has 8 rings (SSSR count). The Labute approximate surface area is 414 Å². The molecule has 0 saturated carbocycles. The first-order valence-corrected chi connectivity index (χ1v) is 24.5. The number of hydrogen-bond acceptors (Lipinski definition) is 10. The van der Waals surface area contributed by atoms with Crippen LogP contribution in [0.5, 0.6) is 0 Å². The lowest BCUT2D eigenvalue weighted by molar-refractivity contribution is -0.126. The van der Waals surface area contributed by atoms with Gasteiger partial charge < -0.3 is 29.3 Å². The number of amides is 4. The van der Waals surface area contributed by atoms with Crippen LogP contribution in [0.25, 0.3) is 22.2 Å². The molecule has 0 bridgehead atoms. The van der Waals surface area contributed by atoms with Gasteiger partial charge in [0.2, 0.25) is 23.6 Å². The van der Waals surface area contributed by atoms with Crippen LogP contribution >= 0.6 is 0 Å². The lowest BCUT2D eigenvalue weighted by atomic mass is 10.0. The SMILES string of the molecule is CCN(C(=O)[C@H](Cc1cc(F)cc(F)c1)NC(=O)CN1c2ccccc2N(CC(=O)N[C@@H](Cc2cc(F)cc(F)c2)C(=O)N(CC)c2ccc3oc(=O)n(CC)c3c2)S1(=O)=O)c1ccc2oc(=O)n(CC)c2c1. The second-order valence-corrected chi connectivity index (χ2v) is 18.7. The highest BCUT2D eigenvalue weighted by molar-refractivity contribution is 7.94. The monoisotopic (exact) mass is 1030 g/mol. The van der Waals surface area contributed by atoms with E-state index in [0.29, 0.717) is 31.8 Å². The molecule has 0 fully saturated rings. The third-order valence-corrected chi connectivity index (χ3v) is 14.0. The number of aryl methyl sites for hydroxylation is 2. The van der Waals surface area contributed by atoms with Gasteiger partial charge >= 0.3 is 21.7 Å². The van der Waals surface area contributed by atoms with Gasteiger partial charge in [0.1, 0.15) is 48.4 Å². The Morgan fingerprint density at radius 3 is 1.27 bits per heavy atom. The number of fused-ring (bicyclic) bond motifs is 3. The minimum Gasteiger partial charge on any atom is -0.408 e. The summed E-state index contributed by atoms with van der Waals surface area (Å²) in [6, 6.07) is 16.9. The summed E-state index contributed by atoms with van der Waals surface area (Å²) in [6.07, 6.45) is -0.900. The van der Waals surface area contributed by atoms with Crippen molar-refractivity contribution in [3.05, 3.63) is 153 Å². The Bertz CT molecular complexity index is 3280.